The Hall–Kier alpha value is -2.84. The molecule has 0 atom stereocenters. The number of carbonyl (C=O) groups is 1. The predicted molar refractivity (Wildman–Crippen MR) is 94.8 cm³/mol. The van der Waals surface area contributed by atoms with Crippen LogP contribution in [0, 0.1) is 5.92 Å². The first-order valence-electron chi connectivity index (χ1n) is 9.00. The van der Waals surface area contributed by atoms with Crippen LogP contribution >= 0.6 is 0 Å². The molecule has 1 amide bonds. The van der Waals surface area contributed by atoms with Gasteiger partial charge in [0.05, 0.1) is 17.9 Å². The molecule has 3 aromatic rings. The number of nitrogens with zero attached hydrogens (tertiary/aromatic N) is 5. The van der Waals surface area contributed by atoms with Gasteiger partial charge in [0.2, 0.25) is 0 Å². The summed E-state index contributed by atoms with van der Waals surface area (Å²) in [6, 6.07) is 1.77. The number of amides is 1. The van der Waals surface area contributed by atoms with Crippen molar-refractivity contribution in [2.24, 2.45) is 5.92 Å². The first kappa shape index (κ1) is 17.6. The molecule has 1 saturated carbocycles. The highest BCUT2D eigenvalue weighted by Gasteiger charge is 2.26. The zero-order chi connectivity index (χ0) is 19.0. The fourth-order valence-corrected chi connectivity index (χ4v) is 3.53. The van der Waals surface area contributed by atoms with Gasteiger partial charge in [-0.1, -0.05) is 6.92 Å². The zero-order valence-electron chi connectivity index (χ0n) is 14.8. The molecule has 9 heteroatoms. The Bertz CT molecular complexity index is 958. The van der Waals surface area contributed by atoms with E-state index >= 15 is 0 Å². The van der Waals surface area contributed by atoms with E-state index in [1.165, 1.54) is 16.9 Å². The van der Waals surface area contributed by atoms with E-state index < -0.39 is 18.0 Å². The van der Waals surface area contributed by atoms with Crippen molar-refractivity contribution in [1.29, 1.82) is 0 Å². The number of halogens is 2. The summed E-state index contributed by atoms with van der Waals surface area (Å²) >= 11 is 0. The van der Waals surface area contributed by atoms with Crippen molar-refractivity contribution in [3.05, 3.63) is 42.1 Å². The van der Waals surface area contributed by atoms with Gasteiger partial charge in [-0.2, -0.15) is 10.2 Å². The number of aromatic nitrogens is 5. The standard InChI is InChI=1S/C18H20F2N6O/c1-11-3-5-12(6-4-11)26-10-14(15(24-26)16(19)20)23-18(27)13-9-22-25-8-2-7-21-17(13)25/h2,7-12,16H,3-6H2,1H3,(H,23,27)/t11-,12-. The normalized spacial score (nSPS) is 20.3. The molecule has 0 aliphatic heterocycles. The molecule has 3 aromatic heterocycles. The van der Waals surface area contributed by atoms with Gasteiger partial charge in [0.15, 0.2) is 11.3 Å². The molecule has 3 heterocycles. The number of carbonyl (C=O) groups excluding carboxylic acids is 1. The van der Waals surface area contributed by atoms with Crippen LogP contribution in [0.5, 0.6) is 0 Å². The maximum Gasteiger partial charge on any atom is 0.284 e. The summed E-state index contributed by atoms with van der Waals surface area (Å²) in [4.78, 5) is 16.7. The molecule has 0 bridgehead atoms. The van der Waals surface area contributed by atoms with Crippen LogP contribution in [0.1, 0.15) is 61.1 Å². The number of hydrogen-bond acceptors (Lipinski definition) is 4. The number of hydrogen-bond donors (Lipinski definition) is 1. The van der Waals surface area contributed by atoms with E-state index in [1.54, 1.807) is 23.1 Å². The van der Waals surface area contributed by atoms with Gasteiger partial charge in [0, 0.05) is 18.6 Å². The quantitative estimate of drug-likeness (QED) is 0.752. The summed E-state index contributed by atoms with van der Waals surface area (Å²) < 4.78 is 30.0. The SMILES string of the molecule is C[C@H]1CC[C@H](n2cc(NC(=O)c3cnn4cccnc34)c(C(F)F)n2)CC1. The summed E-state index contributed by atoms with van der Waals surface area (Å²) in [6.07, 6.45) is 7.20. The van der Waals surface area contributed by atoms with Gasteiger partial charge in [-0.05, 0) is 37.7 Å². The van der Waals surface area contributed by atoms with E-state index in [4.69, 9.17) is 0 Å². The van der Waals surface area contributed by atoms with Gasteiger partial charge in [0.1, 0.15) is 5.56 Å². The van der Waals surface area contributed by atoms with Crippen molar-refractivity contribution in [2.45, 2.75) is 45.1 Å². The maximum absolute atomic E-state index is 13.5. The van der Waals surface area contributed by atoms with Gasteiger partial charge in [-0.3, -0.25) is 9.48 Å². The van der Waals surface area contributed by atoms with Gasteiger partial charge >= 0.3 is 0 Å². The second-order valence-corrected chi connectivity index (χ2v) is 7.02. The highest BCUT2D eigenvalue weighted by atomic mass is 19.3. The second kappa shape index (κ2) is 7.05. The molecule has 1 aliphatic rings. The topological polar surface area (TPSA) is 77.1 Å². The van der Waals surface area contributed by atoms with Crippen LogP contribution < -0.4 is 5.32 Å². The minimum absolute atomic E-state index is 0.0314. The predicted octanol–water partition coefficient (Wildman–Crippen LogP) is 3.87. The highest BCUT2D eigenvalue weighted by Crippen LogP contribution is 2.34. The largest absolute Gasteiger partial charge is 0.319 e. The van der Waals surface area contributed by atoms with Gasteiger partial charge in [0.25, 0.3) is 12.3 Å². The van der Waals surface area contributed by atoms with Crippen molar-refractivity contribution in [3.63, 3.8) is 0 Å². The van der Waals surface area contributed by atoms with Crippen molar-refractivity contribution in [2.75, 3.05) is 5.32 Å². The Morgan fingerprint density at radius 1 is 1.30 bits per heavy atom. The van der Waals surface area contributed by atoms with Crippen molar-refractivity contribution >= 4 is 17.2 Å². The van der Waals surface area contributed by atoms with E-state index in [2.05, 4.69) is 27.4 Å². The third-order valence-corrected chi connectivity index (χ3v) is 5.10. The van der Waals surface area contributed by atoms with E-state index in [-0.39, 0.29) is 17.3 Å². The van der Waals surface area contributed by atoms with Gasteiger partial charge in [-0.15, -0.1) is 0 Å². The monoisotopic (exact) mass is 374 g/mol. The van der Waals surface area contributed by atoms with Crippen LogP contribution in [0.25, 0.3) is 5.65 Å². The lowest BCUT2D eigenvalue weighted by molar-refractivity contribution is 0.102. The molecular formula is C18H20F2N6O. The molecule has 7 nitrogen and oxygen atoms in total. The molecule has 142 valence electrons. The van der Waals surface area contributed by atoms with E-state index in [0.717, 1.165) is 25.7 Å². The van der Waals surface area contributed by atoms with Crippen molar-refractivity contribution in [3.8, 4) is 0 Å². The van der Waals surface area contributed by atoms with Gasteiger partial charge in [-0.25, -0.2) is 18.3 Å². The van der Waals surface area contributed by atoms with E-state index in [0.29, 0.717) is 11.6 Å². The van der Waals surface area contributed by atoms with E-state index in [1.807, 2.05) is 0 Å². The molecule has 0 spiro atoms. The Morgan fingerprint density at radius 2 is 2.07 bits per heavy atom. The zero-order valence-corrected chi connectivity index (χ0v) is 14.8. The highest BCUT2D eigenvalue weighted by molar-refractivity contribution is 6.08. The van der Waals surface area contributed by atoms with Crippen molar-refractivity contribution < 1.29 is 13.6 Å². The van der Waals surface area contributed by atoms with E-state index in [9.17, 15) is 13.6 Å². The summed E-state index contributed by atoms with van der Waals surface area (Å²) in [5, 5.41) is 10.7. The number of rotatable bonds is 4. The molecule has 1 N–H and O–H groups in total. The Kier molecular flexibility index (Phi) is 4.59. The minimum Gasteiger partial charge on any atom is -0.319 e. The van der Waals surface area contributed by atoms with Crippen LogP contribution in [0.2, 0.25) is 0 Å². The third-order valence-electron chi connectivity index (χ3n) is 5.10. The van der Waals surface area contributed by atoms with Crippen LogP contribution in [-0.4, -0.2) is 30.3 Å². The third kappa shape index (κ3) is 3.41. The Labute approximate surface area is 154 Å². The fraction of sp³-hybridized carbons (Fsp3) is 0.444. The molecule has 0 aromatic carbocycles. The average Bonchev–Trinajstić information content (AvgIpc) is 3.26. The maximum atomic E-state index is 13.5. The molecule has 0 saturated heterocycles. The fourth-order valence-electron chi connectivity index (χ4n) is 3.53. The lowest BCUT2D eigenvalue weighted by Gasteiger charge is -2.26. The first-order chi connectivity index (χ1) is 13.0. The number of fused-ring (bicyclic) bond motifs is 1. The lowest BCUT2D eigenvalue weighted by atomic mass is 9.87. The summed E-state index contributed by atoms with van der Waals surface area (Å²) in [5.41, 5.74) is 0.202. The molecule has 4 rings (SSSR count). The average molecular weight is 374 g/mol. The van der Waals surface area contributed by atoms with Gasteiger partial charge < -0.3 is 5.32 Å². The summed E-state index contributed by atoms with van der Waals surface area (Å²) in [6.45, 7) is 2.19. The smallest absolute Gasteiger partial charge is 0.284 e. The second-order valence-electron chi connectivity index (χ2n) is 7.02. The minimum atomic E-state index is -2.77. The molecule has 27 heavy (non-hydrogen) atoms. The number of alkyl halides is 2. The molecular weight excluding hydrogens is 354 g/mol. The summed E-state index contributed by atoms with van der Waals surface area (Å²) in [7, 11) is 0. The number of nitrogens with one attached hydrogen (secondary N) is 1. The van der Waals surface area contributed by atoms with Crippen molar-refractivity contribution in [1.82, 2.24) is 24.4 Å². The molecule has 1 aliphatic carbocycles. The number of anilines is 1. The Balaban J connectivity index is 1.60. The Morgan fingerprint density at radius 3 is 2.81 bits per heavy atom. The van der Waals surface area contributed by atoms with Crippen LogP contribution in [0.4, 0.5) is 14.5 Å². The van der Waals surface area contributed by atoms with Crippen LogP contribution in [0.15, 0.2) is 30.9 Å². The first-order valence-corrected chi connectivity index (χ1v) is 9.00. The lowest BCUT2D eigenvalue weighted by Crippen LogP contribution is -2.17. The molecule has 0 radical (unpaired) electrons. The molecule has 0 unspecified atom stereocenters. The molecule has 1 fully saturated rings. The van der Waals surface area contributed by atoms with Crippen LogP contribution in [-0.2, 0) is 0 Å². The van der Waals surface area contributed by atoms with Crippen LogP contribution in [0.3, 0.4) is 0 Å². The summed E-state index contributed by atoms with van der Waals surface area (Å²) in [5.74, 6) is 0.107.